The lowest BCUT2D eigenvalue weighted by atomic mass is 9.47. The van der Waals surface area contributed by atoms with Crippen molar-refractivity contribution in [3.05, 3.63) is 23.5 Å². The van der Waals surface area contributed by atoms with E-state index in [2.05, 4.69) is 19.9 Å². The molecule has 0 radical (unpaired) electrons. The van der Waals surface area contributed by atoms with E-state index in [1.165, 1.54) is 6.92 Å². The second-order valence-electron chi connectivity index (χ2n) is 10.7. The van der Waals surface area contributed by atoms with Gasteiger partial charge in [0, 0.05) is 29.2 Å². The Morgan fingerprint density at radius 1 is 1.07 bits per heavy atom. The molecule has 162 valence electrons. The summed E-state index contributed by atoms with van der Waals surface area (Å²) < 4.78 is 11.7. The van der Waals surface area contributed by atoms with Gasteiger partial charge in [0.15, 0.2) is 17.2 Å². The Morgan fingerprint density at radius 2 is 1.77 bits per heavy atom. The molecule has 5 aliphatic rings. The zero-order valence-electron chi connectivity index (χ0n) is 18.6. The van der Waals surface area contributed by atoms with E-state index < -0.39 is 5.60 Å². The lowest BCUT2D eigenvalue weighted by molar-refractivity contribution is -0.185. The van der Waals surface area contributed by atoms with Crippen LogP contribution in [0, 0.1) is 40.4 Å². The molecule has 0 aromatic heterocycles. The monoisotopic (exact) mass is 412 g/mol. The van der Waals surface area contributed by atoms with E-state index in [-0.39, 0.29) is 46.1 Å². The molecule has 0 aromatic rings. The number of hydrogen-bond acceptors (Lipinski definition) is 5. The molecule has 0 N–H and O–H groups in total. The summed E-state index contributed by atoms with van der Waals surface area (Å²) in [5.74, 6) is 2.15. The molecule has 5 nitrogen and oxygen atoms in total. The number of ketones is 2. The van der Waals surface area contributed by atoms with Crippen molar-refractivity contribution in [3.63, 3.8) is 0 Å². The van der Waals surface area contributed by atoms with Crippen LogP contribution in [-0.4, -0.2) is 30.2 Å². The van der Waals surface area contributed by atoms with Crippen LogP contribution < -0.4 is 0 Å². The number of Topliss-reactive ketones (excluding diaryl/α,β-unsaturated/α-hetero) is 1. The number of fused-ring (bicyclic) bond motifs is 7. The largest absolute Gasteiger partial charge is 0.497 e. The number of ether oxygens (including phenoxy) is 2. The third-order valence-corrected chi connectivity index (χ3v) is 9.73. The quantitative estimate of drug-likeness (QED) is 0.655. The van der Waals surface area contributed by atoms with Crippen LogP contribution in [-0.2, 0) is 23.9 Å². The first kappa shape index (κ1) is 20.0. The summed E-state index contributed by atoms with van der Waals surface area (Å²) in [6.07, 6.45) is 8.32. The fourth-order valence-electron chi connectivity index (χ4n) is 8.22. The Kier molecular flexibility index (Phi) is 4.05. The standard InChI is InChI=1S/C25H32O5/c1-13(26)25(30-14(2)27)9-7-17-15-11-22(29-5)20-12-21(28)16-10-19(16)24(20,4)18(15)6-8-23(17,25)3/h11-12,15-19H,6-10H2,1-5H3/t15-,16-,17+,18+,19+,23-,24-,25+/m0/s1. The Balaban J connectivity index is 1.61. The van der Waals surface area contributed by atoms with Crippen LogP contribution in [0.4, 0.5) is 0 Å². The molecule has 0 heterocycles. The van der Waals surface area contributed by atoms with Crippen molar-refractivity contribution in [2.24, 2.45) is 40.4 Å². The topological polar surface area (TPSA) is 69.7 Å². The third kappa shape index (κ3) is 2.22. The van der Waals surface area contributed by atoms with E-state index in [9.17, 15) is 14.4 Å². The smallest absolute Gasteiger partial charge is 0.303 e. The first-order chi connectivity index (χ1) is 14.1. The average Bonchev–Trinajstić information content (AvgIpc) is 3.43. The second kappa shape index (κ2) is 6.08. The summed E-state index contributed by atoms with van der Waals surface area (Å²) in [4.78, 5) is 37.4. The Morgan fingerprint density at radius 3 is 2.40 bits per heavy atom. The number of carbonyl (C=O) groups excluding carboxylic acids is 3. The normalized spacial score (nSPS) is 48.3. The number of allylic oxidation sites excluding steroid dienone is 3. The molecule has 3 saturated carbocycles. The zero-order chi connectivity index (χ0) is 21.6. The number of rotatable bonds is 3. The maximum atomic E-state index is 12.9. The van der Waals surface area contributed by atoms with E-state index in [0.29, 0.717) is 18.3 Å². The van der Waals surface area contributed by atoms with Crippen LogP contribution in [0.3, 0.4) is 0 Å². The van der Waals surface area contributed by atoms with Gasteiger partial charge in [-0.25, -0.2) is 0 Å². The van der Waals surface area contributed by atoms with Gasteiger partial charge in [-0.1, -0.05) is 13.8 Å². The van der Waals surface area contributed by atoms with Gasteiger partial charge in [-0.3, -0.25) is 14.4 Å². The van der Waals surface area contributed by atoms with Crippen molar-refractivity contribution in [2.45, 2.75) is 65.4 Å². The fourth-order valence-corrected chi connectivity index (χ4v) is 8.22. The Labute approximate surface area is 178 Å². The fraction of sp³-hybridized carbons (Fsp3) is 0.720. The van der Waals surface area contributed by atoms with Crippen molar-refractivity contribution >= 4 is 17.5 Å². The highest BCUT2D eigenvalue weighted by Crippen LogP contribution is 2.72. The van der Waals surface area contributed by atoms with Gasteiger partial charge in [-0.15, -0.1) is 0 Å². The molecule has 5 heteroatoms. The van der Waals surface area contributed by atoms with Crippen LogP contribution in [0.15, 0.2) is 23.5 Å². The molecule has 3 fully saturated rings. The lowest BCUT2D eigenvalue weighted by Crippen LogP contribution is -2.58. The van der Waals surface area contributed by atoms with Crippen molar-refractivity contribution in [1.29, 1.82) is 0 Å². The van der Waals surface area contributed by atoms with Gasteiger partial charge in [-0.2, -0.15) is 0 Å². The molecule has 0 aliphatic heterocycles. The predicted molar refractivity (Wildman–Crippen MR) is 110 cm³/mol. The molecule has 0 unspecified atom stereocenters. The third-order valence-electron chi connectivity index (χ3n) is 9.73. The molecule has 5 aliphatic carbocycles. The average molecular weight is 413 g/mol. The van der Waals surface area contributed by atoms with Crippen LogP contribution >= 0.6 is 0 Å². The lowest BCUT2D eigenvalue weighted by Gasteiger charge is -2.57. The minimum absolute atomic E-state index is 0.0368. The molecule has 0 saturated heterocycles. The molecule has 0 amide bonds. The van der Waals surface area contributed by atoms with Crippen LogP contribution in [0.2, 0.25) is 0 Å². The summed E-state index contributed by atoms with van der Waals surface area (Å²) in [5.41, 5.74) is -0.397. The summed E-state index contributed by atoms with van der Waals surface area (Å²) >= 11 is 0. The summed E-state index contributed by atoms with van der Waals surface area (Å²) in [5, 5.41) is 0. The van der Waals surface area contributed by atoms with E-state index >= 15 is 0 Å². The van der Waals surface area contributed by atoms with E-state index in [4.69, 9.17) is 9.47 Å². The number of carbonyl (C=O) groups is 3. The van der Waals surface area contributed by atoms with Crippen molar-refractivity contribution < 1.29 is 23.9 Å². The Hall–Kier alpha value is -1.91. The molecule has 0 aromatic carbocycles. The Bertz CT molecular complexity index is 914. The maximum absolute atomic E-state index is 12.9. The minimum Gasteiger partial charge on any atom is -0.497 e. The van der Waals surface area contributed by atoms with Gasteiger partial charge in [0.1, 0.15) is 5.76 Å². The molecular formula is C25H32O5. The molecule has 5 rings (SSSR count). The summed E-state index contributed by atoms with van der Waals surface area (Å²) in [7, 11) is 1.69. The van der Waals surface area contributed by atoms with Crippen LogP contribution in [0.25, 0.3) is 0 Å². The first-order valence-electron chi connectivity index (χ1n) is 11.3. The number of esters is 1. The van der Waals surface area contributed by atoms with Gasteiger partial charge in [0.2, 0.25) is 0 Å². The predicted octanol–water partition coefficient (Wildman–Crippen LogP) is 4.02. The van der Waals surface area contributed by atoms with Crippen molar-refractivity contribution in [2.75, 3.05) is 7.11 Å². The van der Waals surface area contributed by atoms with E-state index in [1.54, 1.807) is 14.0 Å². The first-order valence-corrected chi connectivity index (χ1v) is 11.3. The molecule has 30 heavy (non-hydrogen) atoms. The molecule has 0 bridgehead atoms. The van der Waals surface area contributed by atoms with Gasteiger partial charge in [-0.05, 0) is 74.9 Å². The molecule has 8 atom stereocenters. The van der Waals surface area contributed by atoms with Gasteiger partial charge in [0.05, 0.1) is 7.11 Å². The highest BCUT2D eigenvalue weighted by molar-refractivity contribution is 5.97. The van der Waals surface area contributed by atoms with Gasteiger partial charge >= 0.3 is 5.97 Å². The number of methoxy groups -OCH3 is 1. The highest BCUT2D eigenvalue weighted by atomic mass is 16.6. The van der Waals surface area contributed by atoms with E-state index in [0.717, 1.165) is 37.0 Å². The zero-order valence-corrected chi connectivity index (χ0v) is 18.6. The van der Waals surface area contributed by atoms with Crippen molar-refractivity contribution in [3.8, 4) is 0 Å². The van der Waals surface area contributed by atoms with E-state index in [1.807, 2.05) is 6.08 Å². The minimum atomic E-state index is -1.03. The summed E-state index contributed by atoms with van der Waals surface area (Å²) in [6, 6.07) is 0. The molecular weight excluding hydrogens is 380 g/mol. The van der Waals surface area contributed by atoms with Gasteiger partial charge < -0.3 is 9.47 Å². The summed E-state index contributed by atoms with van der Waals surface area (Å²) in [6.45, 7) is 7.47. The van der Waals surface area contributed by atoms with Crippen LogP contribution in [0.1, 0.15) is 59.8 Å². The second-order valence-corrected chi connectivity index (χ2v) is 10.7. The maximum Gasteiger partial charge on any atom is 0.303 e. The highest BCUT2D eigenvalue weighted by Gasteiger charge is 2.70. The van der Waals surface area contributed by atoms with Crippen molar-refractivity contribution in [1.82, 2.24) is 0 Å². The SMILES string of the molecule is COC1=C[C@@H]2[C@@H](CC[C@@]3(C)[C@@H]2CC[C@@]3(OC(C)=O)C(C)=O)[C@]2(C)C1=CC(=O)[C@H]1C[C@H]12. The number of hydrogen-bond donors (Lipinski definition) is 0. The molecule has 0 spiro atoms. The van der Waals surface area contributed by atoms with Crippen LogP contribution in [0.5, 0.6) is 0 Å². The van der Waals surface area contributed by atoms with Gasteiger partial charge in [0.25, 0.3) is 0 Å².